The van der Waals surface area contributed by atoms with Gasteiger partial charge in [-0.25, -0.2) is 14.2 Å². The molecule has 4 rings (SSSR count). The van der Waals surface area contributed by atoms with Gasteiger partial charge in [0.1, 0.15) is 24.1 Å². The number of hydrogen-bond acceptors (Lipinski definition) is 7. The molecule has 10 heteroatoms. The van der Waals surface area contributed by atoms with E-state index in [2.05, 4.69) is 20.8 Å². The summed E-state index contributed by atoms with van der Waals surface area (Å²) >= 11 is 0. The Morgan fingerprint density at radius 3 is 2.90 bits per heavy atom. The third kappa shape index (κ3) is 4.17. The van der Waals surface area contributed by atoms with Gasteiger partial charge in [-0.2, -0.15) is 5.10 Å². The number of amides is 2. The normalized spacial score (nSPS) is 18.2. The number of hydrazone groups is 1. The number of pyridine rings is 1. The Morgan fingerprint density at radius 2 is 2.23 bits per heavy atom. The number of halogens is 1. The summed E-state index contributed by atoms with van der Waals surface area (Å²) in [5, 5.41) is 6.61. The van der Waals surface area contributed by atoms with Gasteiger partial charge in [-0.1, -0.05) is 0 Å². The van der Waals surface area contributed by atoms with Crippen LogP contribution in [0.2, 0.25) is 0 Å². The largest absolute Gasteiger partial charge is 0.442 e. The number of nitrogens with one attached hydrogen (secondary N) is 2. The Balaban J connectivity index is 1.48. The van der Waals surface area contributed by atoms with Crippen LogP contribution in [-0.4, -0.2) is 55.6 Å². The van der Waals surface area contributed by atoms with Crippen LogP contribution < -0.4 is 20.5 Å². The second kappa shape index (κ2) is 8.36. The lowest BCUT2D eigenvalue weighted by Gasteiger charge is -2.21. The summed E-state index contributed by atoms with van der Waals surface area (Å²) in [4.78, 5) is 30.8. The lowest BCUT2D eigenvalue weighted by molar-refractivity contribution is -0.119. The van der Waals surface area contributed by atoms with Gasteiger partial charge >= 0.3 is 6.09 Å². The van der Waals surface area contributed by atoms with E-state index in [1.54, 1.807) is 30.7 Å². The van der Waals surface area contributed by atoms with Crippen LogP contribution in [0.3, 0.4) is 0 Å². The molecule has 2 amide bonds. The zero-order chi connectivity index (χ0) is 21.1. The first-order valence-corrected chi connectivity index (χ1v) is 9.52. The number of nitrogens with zero attached hydrogens (tertiary/aromatic N) is 4. The predicted molar refractivity (Wildman–Crippen MR) is 110 cm³/mol. The van der Waals surface area contributed by atoms with Gasteiger partial charge < -0.3 is 20.4 Å². The Hall–Kier alpha value is -3.69. The number of carbonyl (C=O) groups is 2. The van der Waals surface area contributed by atoms with Gasteiger partial charge in [0.2, 0.25) is 5.91 Å². The molecular formula is C20H21FN6O3. The molecule has 0 aliphatic carbocycles. The number of cyclic esters (lactones) is 1. The van der Waals surface area contributed by atoms with Crippen molar-refractivity contribution in [3.63, 3.8) is 0 Å². The molecule has 1 unspecified atom stereocenters. The van der Waals surface area contributed by atoms with E-state index in [9.17, 15) is 14.0 Å². The lowest BCUT2D eigenvalue weighted by Crippen LogP contribution is -2.35. The maximum absolute atomic E-state index is 14.8. The fraction of sp³-hybridized carbons (Fsp3) is 0.300. The molecule has 30 heavy (non-hydrogen) atoms. The number of anilines is 2. The van der Waals surface area contributed by atoms with Crippen LogP contribution in [0.25, 0.3) is 11.1 Å². The molecule has 2 N–H and O–H groups in total. The molecule has 1 saturated heterocycles. The van der Waals surface area contributed by atoms with Crippen molar-refractivity contribution in [3.8, 4) is 11.1 Å². The summed E-state index contributed by atoms with van der Waals surface area (Å²) in [6.45, 7) is 3.31. The molecule has 1 aromatic carbocycles. The number of ether oxygens (including phenoxy) is 1. The Bertz CT molecular complexity index is 981. The maximum atomic E-state index is 14.8. The first kappa shape index (κ1) is 19.6. The predicted octanol–water partition coefficient (Wildman–Crippen LogP) is 1.70. The van der Waals surface area contributed by atoms with Gasteiger partial charge in [0.05, 0.1) is 25.3 Å². The number of aromatic nitrogens is 1. The average Bonchev–Trinajstić information content (AvgIpc) is 3.13. The Kier molecular flexibility index (Phi) is 5.46. The molecule has 156 valence electrons. The highest BCUT2D eigenvalue weighted by Crippen LogP contribution is 2.29. The quantitative estimate of drug-likeness (QED) is 0.776. The standard InChI is InChI=1S/C20H21FN6O3/c1-13(28)22-10-16-11-27(20(29)30-16)15-3-4-17(18(21)8-15)14-2-5-19(23-9-14)26-7-6-24-25-12-26/h2-5,8-9,12,16,24H,6-7,10-11H2,1H3,(H,22,28). The minimum atomic E-state index is -0.568. The third-order valence-corrected chi connectivity index (χ3v) is 4.82. The summed E-state index contributed by atoms with van der Waals surface area (Å²) < 4.78 is 20.0. The minimum Gasteiger partial charge on any atom is -0.442 e. The SMILES string of the molecule is CC(=O)NCC1CN(c2ccc(-c3ccc(N4C=NNCC4)nc3)c(F)c2)C(=O)O1. The number of carbonyl (C=O) groups excluding carboxylic acids is 2. The second-order valence-electron chi connectivity index (χ2n) is 6.97. The molecule has 1 atom stereocenters. The zero-order valence-electron chi connectivity index (χ0n) is 16.3. The van der Waals surface area contributed by atoms with Crippen molar-refractivity contribution in [3.05, 3.63) is 42.3 Å². The first-order valence-electron chi connectivity index (χ1n) is 9.52. The van der Waals surface area contributed by atoms with E-state index in [0.29, 0.717) is 16.8 Å². The average molecular weight is 412 g/mol. The van der Waals surface area contributed by atoms with Crippen LogP contribution in [-0.2, 0) is 9.53 Å². The zero-order valence-corrected chi connectivity index (χ0v) is 16.3. The molecule has 3 heterocycles. The molecule has 9 nitrogen and oxygen atoms in total. The number of rotatable bonds is 5. The summed E-state index contributed by atoms with van der Waals surface area (Å²) in [5.41, 5.74) is 4.28. The molecule has 0 bridgehead atoms. The smallest absolute Gasteiger partial charge is 0.414 e. The van der Waals surface area contributed by atoms with Gasteiger partial charge in [-0.05, 0) is 30.3 Å². The van der Waals surface area contributed by atoms with Gasteiger partial charge in [0.15, 0.2) is 0 Å². The summed E-state index contributed by atoms with van der Waals surface area (Å²) in [5.74, 6) is 0.0544. The van der Waals surface area contributed by atoms with Crippen molar-refractivity contribution in [2.75, 3.05) is 36.0 Å². The van der Waals surface area contributed by atoms with Crippen LogP contribution in [0.5, 0.6) is 0 Å². The Labute approximate surface area is 172 Å². The van der Waals surface area contributed by atoms with Crippen molar-refractivity contribution in [1.82, 2.24) is 15.7 Å². The monoisotopic (exact) mass is 412 g/mol. The van der Waals surface area contributed by atoms with E-state index in [4.69, 9.17) is 4.74 Å². The van der Waals surface area contributed by atoms with E-state index in [1.165, 1.54) is 17.9 Å². The molecule has 1 fully saturated rings. The van der Waals surface area contributed by atoms with Crippen LogP contribution in [0.4, 0.5) is 20.7 Å². The molecular weight excluding hydrogens is 391 g/mol. The molecule has 0 spiro atoms. The topological polar surface area (TPSA) is 99.2 Å². The van der Waals surface area contributed by atoms with Crippen LogP contribution in [0.1, 0.15) is 6.92 Å². The molecule has 2 aliphatic heterocycles. The highest BCUT2D eigenvalue weighted by atomic mass is 19.1. The van der Waals surface area contributed by atoms with Crippen LogP contribution in [0.15, 0.2) is 41.6 Å². The molecule has 0 saturated carbocycles. The van der Waals surface area contributed by atoms with E-state index in [-0.39, 0.29) is 19.0 Å². The van der Waals surface area contributed by atoms with E-state index >= 15 is 0 Å². The van der Waals surface area contributed by atoms with E-state index in [0.717, 1.165) is 18.9 Å². The van der Waals surface area contributed by atoms with Gasteiger partial charge in [0.25, 0.3) is 0 Å². The van der Waals surface area contributed by atoms with Gasteiger partial charge in [-0.15, -0.1) is 0 Å². The minimum absolute atomic E-state index is 0.205. The van der Waals surface area contributed by atoms with Gasteiger partial charge in [-0.3, -0.25) is 9.69 Å². The second-order valence-corrected chi connectivity index (χ2v) is 6.97. The highest BCUT2D eigenvalue weighted by molar-refractivity contribution is 5.90. The molecule has 2 aliphatic rings. The van der Waals surface area contributed by atoms with Crippen LogP contribution >= 0.6 is 0 Å². The Morgan fingerprint density at radius 1 is 1.37 bits per heavy atom. The first-order chi connectivity index (χ1) is 14.5. The van der Waals surface area contributed by atoms with E-state index in [1.807, 2.05) is 11.0 Å². The highest BCUT2D eigenvalue weighted by Gasteiger charge is 2.32. The lowest BCUT2D eigenvalue weighted by atomic mass is 10.1. The maximum Gasteiger partial charge on any atom is 0.414 e. The van der Waals surface area contributed by atoms with Crippen molar-refractivity contribution < 1.29 is 18.7 Å². The third-order valence-electron chi connectivity index (χ3n) is 4.82. The summed E-state index contributed by atoms with van der Waals surface area (Å²) in [6, 6.07) is 8.18. The number of benzene rings is 1. The molecule has 2 aromatic rings. The summed E-state index contributed by atoms with van der Waals surface area (Å²) in [7, 11) is 0. The van der Waals surface area contributed by atoms with Crippen LogP contribution in [0, 0.1) is 5.82 Å². The van der Waals surface area contributed by atoms with Crippen molar-refractivity contribution in [2.24, 2.45) is 5.10 Å². The fourth-order valence-corrected chi connectivity index (χ4v) is 3.29. The number of hydrogen-bond donors (Lipinski definition) is 2. The van der Waals surface area contributed by atoms with Crippen molar-refractivity contribution in [2.45, 2.75) is 13.0 Å². The molecule has 1 aromatic heterocycles. The van der Waals surface area contributed by atoms with Gasteiger partial charge in [0, 0.05) is 30.8 Å². The molecule has 0 radical (unpaired) electrons. The van der Waals surface area contributed by atoms with Crippen molar-refractivity contribution >= 4 is 29.8 Å². The van der Waals surface area contributed by atoms with E-state index < -0.39 is 18.0 Å². The fourth-order valence-electron chi connectivity index (χ4n) is 3.29. The van der Waals surface area contributed by atoms with Crippen molar-refractivity contribution in [1.29, 1.82) is 0 Å². The summed E-state index contributed by atoms with van der Waals surface area (Å²) in [6.07, 6.45) is 2.22.